The molecule has 21 heavy (non-hydrogen) atoms. The summed E-state index contributed by atoms with van der Waals surface area (Å²) in [4.78, 5) is 25.3. The molecule has 114 valence electrons. The second-order valence-electron chi connectivity index (χ2n) is 4.71. The van der Waals surface area contributed by atoms with Gasteiger partial charge in [0.25, 0.3) is 11.8 Å². The van der Waals surface area contributed by atoms with Crippen LogP contribution in [0.25, 0.3) is 0 Å². The van der Waals surface area contributed by atoms with Crippen molar-refractivity contribution >= 4 is 19.4 Å². The third-order valence-corrected chi connectivity index (χ3v) is 5.02. The first-order chi connectivity index (χ1) is 10.0. The smallest absolute Gasteiger partial charge is 0.311 e. The molecule has 0 bridgehead atoms. The van der Waals surface area contributed by atoms with Crippen LogP contribution in [0.3, 0.4) is 0 Å². The monoisotopic (exact) mass is 311 g/mol. The molecule has 0 spiro atoms. The van der Waals surface area contributed by atoms with Gasteiger partial charge in [0.1, 0.15) is 6.29 Å². The summed E-state index contributed by atoms with van der Waals surface area (Å²) in [7, 11) is -2.24. The Morgan fingerprint density at radius 3 is 2.19 bits per heavy atom. The van der Waals surface area contributed by atoms with Crippen LogP contribution >= 0.6 is 7.60 Å². The van der Waals surface area contributed by atoms with Crippen LogP contribution in [0.5, 0.6) is 0 Å². The van der Waals surface area contributed by atoms with E-state index in [0.717, 1.165) is 17.7 Å². The summed E-state index contributed by atoms with van der Waals surface area (Å²) in [5.41, 5.74) is 0.637. The Balaban J connectivity index is 2.15. The molecule has 0 aromatic heterocycles. The molecule has 1 atom stereocenters. The lowest BCUT2D eigenvalue weighted by Gasteiger charge is -2.21. The van der Waals surface area contributed by atoms with Crippen LogP contribution in [-0.2, 0) is 13.6 Å². The number of fused-ring (bicyclic) bond motifs is 1. The fourth-order valence-electron chi connectivity index (χ4n) is 2.04. The topological polar surface area (TPSA) is 72.9 Å². The summed E-state index contributed by atoms with van der Waals surface area (Å²) in [5.74, 6) is -0.932. The second-order valence-corrected chi connectivity index (χ2v) is 6.83. The number of imide groups is 1. The summed E-state index contributed by atoms with van der Waals surface area (Å²) < 4.78 is 22.7. The molecule has 1 aromatic rings. The molecule has 0 saturated carbocycles. The quantitative estimate of drug-likeness (QED) is 0.440. The van der Waals surface area contributed by atoms with Gasteiger partial charge in [0, 0.05) is 7.11 Å². The maximum absolute atomic E-state index is 12.5. The molecule has 0 fully saturated rings. The Hall–Kier alpha value is -1.49. The summed E-state index contributed by atoms with van der Waals surface area (Å²) in [6.07, 6.45) is 1.26. The number of rotatable bonds is 7. The molecular formula is C14H18NO5P. The molecule has 7 heteroatoms. The van der Waals surface area contributed by atoms with Crippen molar-refractivity contribution in [2.75, 3.05) is 20.0 Å². The van der Waals surface area contributed by atoms with Gasteiger partial charge in [-0.3, -0.25) is 19.1 Å². The minimum Gasteiger partial charge on any atom is -0.311 e. The van der Waals surface area contributed by atoms with E-state index in [9.17, 15) is 14.2 Å². The largest absolute Gasteiger partial charge is 0.350 e. The fraction of sp³-hybridized carbons (Fsp3) is 0.429. The first-order valence-electron chi connectivity index (χ1n) is 6.77. The van der Waals surface area contributed by atoms with Crippen molar-refractivity contribution in [3.8, 4) is 0 Å². The maximum Gasteiger partial charge on any atom is 0.350 e. The Morgan fingerprint density at radius 1 is 1.14 bits per heavy atom. The van der Waals surface area contributed by atoms with Crippen molar-refractivity contribution in [3.63, 3.8) is 0 Å². The summed E-state index contributed by atoms with van der Waals surface area (Å²) in [6.45, 7) is 2.25. The molecule has 1 aliphatic heterocycles. The predicted molar refractivity (Wildman–Crippen MR) is 77.3 cm³/mol. The van der Waals surface area contributed by atoms with Crippen LogP contribution in [0.4, 0.5) is 0 Å². The summed E-state index contributed by atoms with van der Waals surface area (Å²) in [5, 5.41) is 0. The minimum atomic E-state index is -3.50. The van der Waals surface area contributed by atoms with Crippen LogP contribution in [-0.4, -0.2) is 36.7 Å². The van der Waals surface area contributed by atoms with Crippen molar-refractivity contribution < 1.29 is 23.2 Å². The van der Waals surface area contributed by atoms with Gasteiger partial charge in [-0.05, 0) is 18.6 Å². The highest BCUT2D eigenvalue weighted by Gasteiger charge is 2.40. The summed E-state index contributed by atoms with van der Waals surface area (Å²) >= 11 is 0. The molecule has 0 N–H and O–H groups in total. The standard InChI is InChI=1S/C14H18NO5P/c1-3-4-9-20-21(18,19-2)10-15-13(16)11-7-5-6-8-12(11)14(15)17/h5-8H,3-4,9-10H2,1-2H3. The average Bonchev–Trinajstić information content (AvgIpc) is 2.73. The van der Waals surface area contributed by atoms with E-state index in [-0.39, 0.29) is 12.9 Å². The van der Waals surface area contributed by atoms with Gasteiger partial charge >= 0.3 is 7.60 Å². The van der Waals surface area contributed by atoms with Gasteiger partial charge in [-0.15, -0.1) is 0 Å². The highest BCUT2D eigenvalue weighted by Crippen LogP contribution is 2.49. The summed E-state index contributed by atoms with van der Waals surface area (Å²) in [6, 6.07) is 6.51. The number of carbonyl (C=O) groups excluding carboxylic acids is 2. The van der Waals surface area contributed by atoms with E-state index in [1.165, 1.54) is 7.11 Å². The van der Waals surface area contributed by atoms with Gasteiger partial charge in [0.15, 0.2) is 0 Å². The molecule has 6 nitrogen and oxygen atoms in total. The molecule has 1 aliphatic rings. The van der Waals surface area contributed by atoms with E-state index in [1.54, 1.807) is 24.3 Å². The van der Waals surface area contributed by atoms with Crippen molar-refractivity contribution in [1.29, 1.82) is 0 Å². The molecule has 0 radical (unpaired) electrons. The number of hydrogen-bond donors (Lipinski definition) is 0. The van der Waals surface area contributed by atoms with Crippen LogP contribution < -0.4 is 0 Å². The Morgan fingerprint density at radius 2 is 1.71 bits per heavy atom. The molecule has 1 heterocycles. The van der Waals surface area contributed by atoms with Crippen molar-refractivity contribution in [3.05, 3.63) is 35.4 Å². The van der Waals surface area contributed by atoms with Gasteiger partial charge in [-0.25, -0.2) is 0 Å². The third-order valence-electron chi connectivity index (χ3n) is 3.26. The first-order valence-corrected chi connectivity index (χ1v) is 8.49. The van der Waals surface area contributed by atoms with Crippen molar-refractivity contribution in [1.82, 2.24) is 4.90 Å². The molecule has 0 saturated heterocycles. The molecule has 1 unspecified atom stereocenters. The SMILES string of the molecule is CCCCOP(=O)(CN1C(=O)c2ccccc2C1=O)OC. The van der Waals surface area contributed by atoms with Crippen LogP contribution in [0.15, 0.2) is 24.3 Å². The van der Waals surface area contributed by atoms with Gasteiger partial charge in [0.2, 0.25) is 0 Å². The lowest BCUT2D eigenvalue weighted by molar-refractivity contribution is 0.0664. The lowest BCUT2D eigenvalue weighted by atomic mass is 10.1. The number of carbonyl (C=O) groups is 2. The molecule has 2 rings (SSSR count). The lowest BCUT2D eigenvalue weighted by Crippen LogP contribution is -2.31. The zero-order chi connectivity index (χ0) is 15.5. The molecule has 0 aliphatic carbocycles. The van der Waals surface area contributed by atoms with Gasteiger partial charge < -0.3 is 9.05 Å². The van der Waals surface area contributed by atoms with Gasteiger partial charge in [-0.1, -0.05) is 25.5 Å². The highest BCUT2D eigenvalue weighted by atomic mass is 31.2. The van der Waals surface area contributed by atoms with Gasteiger partial charge in [-0.2, -0.15) is 0 Å². The average molecular weight is 311 g/mol. The van der Waals surface area contributed by atoms with Crippen LogP contribution in [0, 0.1) is 0 Å². The maximum atomic E-state index is 12.5. The molecular weight excluding hydrogens is 293 g/mol. The first kappa shape index (κ1) is 15.9. The minimum absolute atomic E-state index is 0.269. The molecule has 2 amide bonds. The second kappa shape index (κ2) is 6.52. The van der Waals surface area contributed by atoms with Crippen LogP contribution in [0.2, 0.25) is 0 Å². The highest BCUT2D eigenvalue weighted by molar-refractivity contribution is 7.53. The van der Waals surface area contributed by atoms with E-state index in [0.29, 0.717) is 11.1 Å². The van der Waals surface area contributed by atoms with E-state index >= 15 is 0 Å². The Bertz CT molecular complexity index is 566. The number of benzene rings is 1. The van der Waals surface area contributed by atoms with Crippen LogP contribution in [0.1, 0.15) is 40.5 Å². The third kappa shape index (κ3) is 3.23. The van der Waals surface area contributed by atoms with E-state index in [2.05, 4.69) is 0 Å². The zero-order valence-electron chi connectivity index (χ0n) is 12.1. The van der Waals surface area contributed by atoms with Crippen molar-refractivity contribution in [2.45, 2.75) is 19.8 Å². The number of hydrogen-bond acceptors (Lipinski definition) is 5. The number of unbranched alkanes of at least 4 members (excludes halogenated alkanes) is 1. The molecule has 1 aromatic carbocycles. The Labute approximate surface area is 123 Å². The zero-order valence-corrected chi connectivity index (χ0v) is 13.0. The van der Waals surface area contributed by atoms with E-state index < -0.39 is 19.4 Å². The fourth-order valence-corrected chi connectivity index (χ4v) is 3.35. The normalized spacial score (nSPS) is 17.0. The van der Waals surface area contributed by atoms with Gasteiger partial charge in [0.05, 0.1) is 17.7 Å². The van der Waals surface area contributed by atoms with E-state index in [4.69, 9.17) is 9.05 Å². The van der Waals surface area contributed by atoms with E-state index in [1.807, 2.05) is 6.92 Å². The Kier molecular flexibility index (Phi) is 4.93. The number of amides is 2. The van der Waals surface area contributed by atoms with Crippen molar-refractivity contribution in [2.24, 2.45) is 0 Å². The number of nitrogens with zero attached hydrogens (tertiary/aromatic N) is 1. The predicted octanol–water partition coefficient (Wildman–Crippen LogP) is 2.90.